The van der Waals surface area contributed by atoms with Gasteiger partial charge in [0.25, 0.3) is 5.56 Å². The van der Waals surface area contributed by atoms with Crippen LogP contribution < -0.4 is 10.3 Å². The van der Waals surface area contributed by atoms with Gasteiger partial charge in [-0.05, 0) is 55.7 Å². The lowest BCUT2D eigenvalue weighted by molar-refractivity contribution is 0.301. The number of aryl methyl sites for hydroxylation is 2. The van der Waals surface area contributed by atoms with Gasteiger partial charge in [-0.1, -0.05) is 0 Å². The molecule has 1 aliphatic rings. The largest absolute Gasteiger partial charge is 0.493 e. The van der Waals surface area contributed by atoms with Crippen LogP contribution in [0.4, 0.5) is 0 Å². The van der Waals surface area contributed by atoms with E-state index in [0.717, 1.165) is 29.0 Å². The molecule has 1 fully saturated rings. The van der Waals surface area contributed by atoms with Gasteiger partial charge in [0, 0.05) is 35.3 Å². The van der Waals surface area contributed by atoms with E-state index in [4.69, 9.17) is 4.74 Å². The molecular formula is C18H21NO2S. The normalized spacial score (nSPS) is 14.1. The summed E-state index contributed by atoms with van der Waals surface area (Å²) in [6, 6.07) is 7.98. The molecule has 3 rings (SSSR count). The lowest BCUT2D eigenvalue weighted by Crippen LogP contribution is -2.15. The number of nitrogens with zero attached hydrogens (tertiary/aromatic N) is 1. The second-order valence-electron chi connectivity index (χ2n) is 5.94. The van der Waals surface area contributed by atoms with Gasteiger partial charge in [0.05, 0.1) is 6.61 Å². The maximum atomic E-state index is 11.8. The van der Waals surface area contributed by atoms with Gasteiger partial charge in [-0.2, -0.15) is 0 Å². The zero-order chi connectivity index (χ0) is 15.7. The first-order valence-electron chi connectivity index (χ1n) is 7.57. The number of ether oxygens (including phenoxy) is 1. The highest BCUT2D eigenvalue weighted by atomic mass is 32.2. The zero-order valence-corrected chi connectivity index (χ0v) is 14.1. The molecule has 1 aromatic heterocycles. The highest BCUT2D eigenvalue weighted by Crippen LogP contribution is 2.36. The topological polar surface area (TPSA) is 31.2 Å². The minimum absolute atomic E-state index is 0.0164. The monoisotopic (exact) mass is 315 g/mol. The number of benzene rings is 1. The molecule has 0 amide bonds. The van der Waals surface area contributed by atoms with E-state index in [2.05, 4.69) is 18.4 Å². The van der Waals surface area contributed by atoms with Crippen molar-refractivity contribution in [2.24, 2.45) is 13.0 Å². The first-order chi connectivity index (χ1) is 10.6. The molecule has 0 bridgehead atoms. The van der Waals surface area contributed by atoms with Crippen LogP contribution in [0.2, 0.25) is 0 Å². The Morgan fingerprint density at radius 2 is 2.05 bits per heavy atom. The van der Waals surface area contributed by atoms with Crippen molar-refractivity contribution in [3.05, 3.63) is 46.4 Å². The Bertz CT molecular complexity index is 747. The van der Waals surface area contributed by atoms with E-state index in [1.54, 1.807) is 29.4 Å². The van der Waals surface area contributed by atoms with Crippen molar-refractivity contribution < 1.29 is 4.74 Å². The number of pyridine rings is 1. The Hall–Kier alpha value is -1.68. The number of thioether (sulfide) groups is 1. The molecule has 0 spiro atoms. The molecule has 116 valence electrons. The van der Waals surface area contributed by atoms with Gasteiger partial charge >= 0.3 is 0 Å². The van der Waals surface area contributed by atoms with E-state index >= 15 is 0 Å². The van der Waals surface area contributed by atoms with Crippen LogP contribution in [0, 0.1) is 12.8 Å². The number of aromatic nitrogens is 1. The summed E-state index contributed by atoms with van der Waals surface area (Å²) in [6.45, 7) is 2.77. The molecule has 1 aromatic carbocycles. The smallest absolute Gasteiger partial charge is 0.250 e. The molecule has 0 radical (unpaired) electrons. The fraction of sp³-hybridized carbons (Fsp3) is 0.389. The third kappa shape index (κ3) is 3.22. The summed E-state index contributed by atoms with van der Waals surface area (Å²) in [5.74, 6) is 1.63. The molecule has 22 heavy (non-hydrogen) atoms. The van der Waals surface area contributed by atoms with Crippen LogP contribution in [0.25, 0.3) is 11.1 Å². The lowest BCUT2D eigenvalue weighted by atomic mass is 10.0. The van der Waals surface area contributed by atoms with Crippen LogP contribution in [0.5, 0.6) is 5.75 Å². The predicted molar refractivity (Wildman–Crippen MR) is 91.9 cm³/mol. The second kappa shape index (κ2) is 6.21. The highest BCUT2D eigenvalue weighted by molar-refractivity contribution is 7.98. The Labute approximate surface area is 135 Å². The summed E-state index contributed by atoms with van der Waals surface area (Å²) in [6.07, 6.45) is 6.52. The van der Waals surface area contributed by atoms with E-state index in [9.17, 15) is 4.79 Å². The molecule has 2 aromatic rings. The summed E-state index contributed by atoms with van der Waals surface area (Å²) >= 11 is 1.71. The van der Waals surface area contributed by atoms with Gasteiger partial charge in [0.2, 0.25) is 0 Å². The first kappa shape index (κ1) is 15.2. The average Bonchev–Trinajstić information content (AvgIpc) is 3.33. The molecule has 0 N–H and O–H groups in total. The fourth-order valence-corrected chi connectivity index (χ4v) is 2.91. The Morgan fingerprint density at radius 3 is 2.73 bits per heavy atom. The van der Waals surface area contributed by atoms with Crippen LogP contribution in [-0.4, -0.2) is 17.4 Å². The van der Waals surface area contributed by atoms with E-state index in [1.807, 2.05) is 19.2 Å². The lowest BCUT2D eigenvalue weighted by Gasteiger charge is -2.15. The van der Waals surface area contributed by atoms with Gasteiger partial charge in [-0.3, -0.25) is 4.79 Å². The molecular weight excluding hydrogens is 294 g/mol. The Morgan fingerprint density at radius 1 is 1.27 bits per heavy atom. The molecule has 0 unspecified atom stereocenters. The maximum Gasteiger partial charge on any atom is 0.250 e. The van der Waals surface area contributed by atoms with Gasteiger partial charge in [0.1, 0.15) is 5.75 Å². The number of hydrogen-bond donors (Lipinski definition) is 0. The number of rotatable bonds is 5. The molecule has 1 heterocycles. The SMILES string of the molecule is CSc1ccc(OCC2CC2)c(-c2cn(C)c(=O)cc2C)c1. The summed E-state index contributed by atoms with van der Waals surface area (Å²) in [4.78, 5) is 13.0. The standard InChI is InChI=1S/C18H21NO2S/c1-12-8-18(20)19(2)10-16(12)15-9-14(22-3)6-7-17(15)21-11-13-4-5-13/h6-10,13H,4-5,11H2,1-3H3. The third-order valence-electron chi connectivity index (χ3n) is 4.08. The summed E-state index contributed by atoms with van der Waals surface area (Å²) in [7, 11) is 1.79. The predicted octanol–water partition coefficient (Wildman–Crippen LogP) is 3.87. The summed E-state index contributed by atoms with van der Waals surface area (Å²) in [5, 5.41) is 0. The van der Waals surface area contributed by atoms with Crippen LogP contribution in [0.3, 0.4) is 0 Å². The van der Waals surface area contributed by atoms with Crippen molar-refractivity contribution in [1.82, 2.24) is 4.57 Å². The van der Waals surface area contributed by atoms with E-state index < -0.39 is 0 Å². The first-order valence-corrected chi connectivity index (χ1v) is 8.79. The van der Waals surface area contributed by atoms with Gasteiger partial charge in [-0.25, -0.2) is 0 Å². The van der Waals surface area contributed by atoms with Crippen molar-refractivity contribution in [2.45, 2.75) is 24.7 Å². The minimum Gasteiger partial charge on any atom is -0.493 e. The van der Waals surface area contributed by atoms with Crippen molar-refractivity contribution in [3.63, 3.8) is 0 Å². The third-order valence-corrected chi connectivity index (χ3v) is 4.81. The summed E-state index contributed by atoms with van der Waals surface area (Å²) < 4.78 is 7.67. The molecule has 4 heteroatoms. The van der Waals surface area contributed by atoms with Crippen molar-refractivity contribution in [2.75, 3.05) is 12.9 Å². The van der Waals surface area contributed by atoms with E-state index in [1.165, 1.54) is 17.7 Å². The minimum atomic E-state index is 0.0164. The van der Waals surface area contributed by atoms with Gasteiger partial charge in [-0.15, -0.1) is 11.8 Å². The molecule has 3 nitrogen and oxygen atoms in total. The van der Waals surface area contributed by atoms with E-state index in [-0.39, 0.29) is 5.56 Å². The molecule has 0 aliphatic heterocycles. The van der Waals surface area contributed by atoms with Crippen LogP contribution in [0.1, 0.15) is 18.4 Å². The maximum absolute atomic E-state index is 11.8. The zero-order valence-electron chi connectivity index (χ0n) is 13.3. The molecule has 0 saturated heterocycles. The van der Waals surface area contributed by atoms with Crippen LogP contribution in [-0.2, 0) is 7.05 Å². The second-order valence-corrected chi connectivity index (χ2v) is 6.82. The number of hydrogen-bond acceptors (Lipinski definition) is 3. The Kier molecular flexibility index (Phi) is 4.30. The van der Waals surface area contributed by atoms with Crippen LogP contribution >= 0.6 is 11.8 Å². The quantitative estimate of drug-likeness (QED) is 0.785. The Balaban J connectivity index is 2.05. The van der Waals surface area contributed by atoms with E-state index in [0.29, 0.717) is 5.92 Å². The van der Waals surface area contributed by atoms with Crippen molar-refractivity contribution in [3.8, 4) is 16.9 Å². The van der Waals surface area contributed by atoms with Gasteiger partial charge in [0.15, 0.2) is 0 Å². The van der Waals surface area contributed by atoms with Gasteiger partial charge < -0.3 is 9.30 Å². The van der Waals surface area contributed by atoms with Crippen molar-refractivity contribution >= 4 is 11.8 Å². The fourth-order valence-electron chi connectivity index (χ4n) is 2.47. The van der Waals surface area contributed by atoms with Crippen molar-refractivity contribution in [1.29, 1.82) is 0 Å². The average molecular weight is 315 g/mol. The van der Waals surface area contributed by atoms with Crippen LogP contribution in [0.15, 0.2) is 40.2 Å². The molecule has 1 aliphatic carbocycles. The summed E-state index contributed by atoms with van der Waals surface area (Å²) in [5.41, 5.74) is 3.13. The highest BCUT2D eigenvalue weighted by Gasteiger charge is 2.22. The molecule has 0 atom stereocenters. The molecule has 1 saturated carbocycles.